The maximum atomic E-state index is 12.3. The fourth-order valence-electron chi connectivity index (χ4n) is 2.43. The molecule has 0 saturated heterocycles. The van der Waals surface area contributed by atoms with E-state index in [4.69, 9.17) is 9.84 Å². The van der Waals surface area contributed by atoms with Crippen LogP contribution in [0.15, 0.2) is 54.6 Å². The van der Waals surface area contributed by atoms with Crippen LogP contribution in [0.25, 0.3) is 0 Å². The van der Waals surface area contributed by atoms with Crippen LogP contribution in [0.4, 0.5) is 5.69 Å². The molecule has 0 spiro atoms. The van der Waals surface area contributed by atoms with Crippen molar-refractivity contribution in [1.29, 1.82) is 0 Å². The Morgan fingerprint density at radius 2 is 1.65 bits per heavy atom. The van der Waals surface area contributed by atoms with E-state index in [1.165, 1.54) is 0 Å². The fourth-order valence-corrected chi connectivity index (χ4v) is 2.43. The third-order valence-corrected chi connectivity index (χ3v) is 3.82. The van der Waals surface area contributed by atoms with Gasteiger partial charge in [-0.25, -0.2) is 0 Å². The Labute approximate surface area is 153 Å². The van der Waals surface area contributed by atoms with Crippen LogP contribution >= 0.6 is 0 Å². The van der Waals surface area contributed by atoms with E-state index in [1.807, 2.05) is 37.3 Å². The molecule has 0 heterocycles. The van der Waals surface area contributed by atoms with Gasteiger partial charge in [-0.05, 0) is 49.7 Å². The Bertz CT molecular complexity index is 716. The summed E-state index contributed by atoms with van der Waals surface area (Å²) in [6.45, 7) is 3.55. The first-order valence-electron chi connectivity index (χ1n) is 8.62. The second kappa shape index (κ2) is 9.58. The summed E-state index contributed by atoms with van der Waals surface area (Å²) in [6.07, 6.45) is 1.19. The van der Waals surface area contributed by atoms with Gasteiger partial charge >= 0.3 is 5.97 Å². The second-order valence-corrected chi connectivity index (χ2v) is 6.00. The zero-order valence-corrected chi connectivity index (χ0v) is 14.9. The number of amides is 1. The van der Waals surface area contributed by atoms with E-state index in [0.717, 1.165) is 12.2 Å². The molecule has 26 heavy (non-hydrogen) atoms. The van der Waals surface area contributed by atoms with E-state index < -0.39 is 18.1 Å². The number of para-hydroxylation sites is 1. The van der Waals surface area contributed by atoms with Crippen LogP contribution in [0.1, 0.15) is 26.7 Å². The lowest BCUT2D eigenvalue weighted by Gasteiger charge is -2.19. The summed E-state index contributed by atoms with van der Waals surface area (Å²) < 4.78 is 5.70. The number of carbonyl (C=O) groups is 2. The highest BCUT2D eigenvalue weighted by Crippen LogP contribution is 2.22. The van der Waals surface area contributed by atoms with Crippen LogP contribution in [-0.2, 0) is 9.59 Å². The van der Waals surface area contributed by atoms with Gasteiger partial charge in [0.25, 0.3) is 0 Å². The zero-order valence-electron chi connectivity index (χ0n) is 14.9. The molecule has 6 nitrogen and oxygen atoms in total. The molecular weight excluding hydrogens is 332 g/mol. The van der Waals surface area contributed by atoms with Gasteiger partial charge in [0, 0.05) is 5.69 Å². The molecule has 0 radical (unpaired) electrons. The number of carboxylic acids is 1. The number of ether oxygens (including phenoxy) is 1. The Morgan fingerprint density at radius 3 is 2.23 bits per heavy atom. The van der Waals surface area contributed by atoms with Gasteiger partial charge in [-0.15, -0.1) is 0 Å². The Kier molecular flexibility index (Phi) is 7.17. The third kappa shape index (κ3) is 5.89. The van der Waals surface area contributed by atoms with Crippen molar-refractivity contribution in [2.24, 2.45) is 0 Å². The molecular formula is C20H24N2O4. The standard InChI is InChI=1S/C20H24N2O4/c1-3-7-18(20(24)25)21-14(2)19(23)22-15-10-12-17(13-11-15)26-16-8-5-4-6-9-16/h4-6,8-14,18,21H,3,7H2,1-2H3,(H,22,23)(H,24,25). The molecule has 0 fully saturated rings. The summed E-state index contributed by atoms with van der Waals surface area (Å²) >= 11 is 0. The van der Waals surface area contributed by atoms with Crippen LogP contribution in [0.2, 0.25) is 0 Å². The first-order valence-corrected chi connectivity index (χ1v) is 8.62. The third-order valence-electron chi connectivity index (χ3n) is 3.82. The molecule has 0 aromatic heterocycles. The van der Waals surface area contributed by atoms with Gasteiger partial charge in [0.15, 0.2) is 0 Å². The quantitative estimate of drug-likeness (QED) is 0.638. The molecule has 138 valence electrons. The monoisotopic (exact) mass is 356 g/mol. The maximum absolute atomic E-state index is 12.3. The van der Waals surface area contributed by atoms with Crippen LogP contribution in [0, 0.1) is 0 Å². The first-order chi connectivity index (χ1) is 12.5. The molecule has 1 amide bonds. The largest absolute Gasteiger partial charge is 0.480 e. The predicted molar refractivity (Wildman–Crippen MR) is 101 cm³/mol. The normalized spacial score (nSPS) is 12.8. The van der Waals surface area contributed by atoms with Crippen LogP contribution in [0.5, 0.6) is 11.5 Å². The molecule has 3 N–H and O–H groups in total. The Morgan fingerprint density at radius 1 is 1.04 bits per heavy atom. The number of aliphatic carboxylic acids is 1. The highest BCUT2D eigenvalue weighted by molar-refractivity contribution is 5.95. The van der Waals surface area contributed by atoms with Crippen LogP contribution in [-0.4, -0.2) is 29.1 Å². The summed E-state index contributed by atoms with van der Waals surface area (Å²) in [4.78, 5) is 23.4. The lowest BCUT2D eigenvalue weighted by atomic mass is 10.1. The average molecular weight is 356 g/mol. The lowest BCUT2D eigenvalue weighted by Crippen LogP contribution is -2.47. The van der Waals surface area contributed by atoms with Crippen LogP contribution in [0.3, 0.4) is 0 Å². The van der Waals surface area contributed by atoms with Gasteiger partial charge in [0.1, 0.15) is 17.5 Å². The first kappa shape index (κ1) is 19.5. The SMILES string of the molecule is CCCC(NC(C)C(=O)Nc1ccc(Oc2ccccc2)cc1)C(=O)O. The molecule has 6 heteroatoms. The molecule has 2 atom stereocenters. The molecule has 2 rings (SSSR count). The number of anilines is 1. The Balaban J connectivity index is 1.91. The number of rotatable bonds is 9. The number of carbonyl (C=O) groups excluding carboxylic acids is 1. The molecule has 2 unspecified atom stereocenters. The highest BCUT2D eigenvalue weighted by Gasteiger charge is 2.22. The summed E-state index contributed by atoms with van der Waals surface area (Å²) in [5, 5.41) is 14.8. The number of nitrogens with one attached hydrogen (secondary N) is 2. The van der Waals surface area contributed by atoms with Crippen molar-refractivity contribution >= 4 is 17.6 Å². The van der Waals surface area contributed by atoms with E-state index in [0.29, 0.717) is 17.9 Å². The number of carboxylic acid groups (broad SMARTS) is 1. The van der Waals surface area contributed by atoms with Crippen molar-refractivity contribution < 1.29 is 19.4 Å². The average Bonchev–Trinajstić information content (AvgIpc) is 2.63. The van der Waals surface area contributed by atoms with Gasteiger partial charge in [-0.2, -0.15) is 0 Å². The molecule has 0 aliphatic rings. The topological polar surface area (TPSA) is 87.7 Å². The summed E-state index contributed by atoms with van der Waals surface area (Å²) in [7, 11) is 0. The highest BCUT2D eigenvalue weighted by atomic mass is 16.5. The summed E-state index contributed by atoms with van der Waals surface area (Å²) in [5.41, 5.74) is 0.617. The van der Waals surface area contributed by atoms with E-state index >= 15 is 0 Å². The van der Waals surface area contributed by atoms with E-state index in [1.54, 1.807) is 31.2 Å². The number of hydrogen-bond acceptors (Lipinski definition) is 4. The van der Waals surface area contributed by atoms with Crippen molar-refractivity contribution in [3.8, 4) is 11.5 Å². The van der Waals surface area contributed by atoms with Crippen molar-refractivity contribution in [1.82, 2.24) is 5.32 Å². The predicted octanol–water partition coefficient (Wildman–Crippen LogP) is 3.65. The van der Waals surface area contributed by atoms with E-state index in [2.05, 4.69) is 10.6 Å². The van der Waals surface area contributed by atoms with Gasteiger partial charge in [0.05, 0.1) is 6.04 Å². The van der Waals surface area contributed by atoms with Gasteiger partial charge < -0.3 is 15.2 Å². The summed E-state index contributed by atoms with van der Waals surface area (Å²) in [6, 6.07) is 15.1. The van der Waals surface area contributed by atoms with Crippen LogP contribution < -0.4 is 15.4 Å². The van der Waals surface area contributed by atoms with Crippen molar-refractivity contribution in [3.05, 3.63) is 54.6 Å². The van der Waals surface area contributed by atoms with E-state index in [-0.39, 0.29) is 5.91 Å². The van der Waals surface area contributed by atoms with Crippen molar-refractivity contribution in [2.45, 2.75) is 38.8 Å². The molecule has 0 bridgehead atoms. The minimum Gasteiger partial charge on any atom is -0.480 e. The van der Waals surface area contributed by atoms with Gasteiger partial charge in [-0.1, -0.05) is 31.5 Å². The van der Waals surface area contributed by atoms with Crippen molar-refractivity contribution in [2.75, 3.05) is 5.32 Å². The minimum absolute atomic E-state index is 0.288. The smallest absolute Gasteiger partial charge is 0.320 e. The van der Waals surface area contributed by atoms with Gasteiger partial charge in [-0.3, -0.25) is 14.9 Å². The van der Waals surface area contributed by atoms with Gasteiger partial charge in [0.2, 0.25) is 5.91 Å². The molecule has 0 aliphatic heterocycles. The zero-order chi connectivity index (χ0) is 18.9. The molecule has 2 aromatic rings. The maximum Gasteiger partial charge on any atom is 0.320 e. The second-order valence-electron chi connectivity index (χ2n) is 6.00. The Hall–Kier alpha value is -2.86. The van der Waals surface area contributed by atoms with E-state index in [9.17, 15) is 9.59 Å². The molecule has 2 aromatic carbocycles. The van der Waals surface area contributed by atoms with Crippen molar-refractivity contribution in [3.63, 3.8) is 0 Å². The number of hydrogen-bond donors (Lipinski definition) is 3. The fraction of sp³-hybridized carbons (Fsp3) is 0.300. The minimum atomic E-state index is -0.950. The summed E-state index contributed by atoms with van der Waals surface area (Å²) in [5.74, 6) is 0.157. The molecule has 0 saturated carbocycles. The lowest BCUT2D eigenvalue weighted by molar-refractivity contribution is -0.140. The molecule has 0 aliphatic carbocycles. The number of benzene rings is 2.